The molecule has 1 aromatic heterocycles. The number of nitrogens with one attached hydrogen (secondary N) is 2. The Kier molecular flexibility index (Phi) is 4.61. The molecule has 0 unspecified atom stereocenters. The Bertz CT molecular complexity index is 511. The Morgan fingerprint density at radius 2 is 1.74 bits per heavy atom. The lowest BCUT2D eigenvalue weighted by Gasteiger charge is -2.09. The molecule has 0 saturated heterocycles. The highest BCUT2D eigenvalue weighted by atomic mass is 16.5. The molecule has 0 saturated carbocycles. The minimum absolute atomic E-state index is 0.680. The number of rotatable bonds is 6. The first kappa shape index (κ1) is 13.2. The van der Waals surface area contributed by atoms with E-state index >= 15 is 0 Å². The normalized spacial score (nSPS) is 10.0. The lowest BCUT2D eigenvalue weighted by Crippen LogP contribution is -2.01. The molecule has 4 heteroatoms. The average Bonchev–Trinajstić information content (AvgIpc) is 2.42. The third-order valence-corrected chi connectivity index (χ3v) is 2.54. The highest BCUT2D eigenvalue weighted by Gasteiger charge is 1.98. The van der Waals surface area contributed by atoms with Crippen LogP contribution in [-0.2, 0) is 0 Å². The molecule has 0 bridgehead atoms. The number of hydrogen-bond donors (Lipinski definition) is 2. The largest absolute Gasteiger partial charge is 0.494 e. The van der Waals surface area contributed by atoms with Crippen molar-refractivity contribution in [2.45, 2.75) is 13.8 Å². The fourth-order valence-corrected chi connectivity index (χ4v) is 1.73. The van der Waals surface area contributed by atoms with E-state index in [9.17, 15) is 0 Å². The summed E-state index contributed by atoms with van der Waals surface area (Å²) >= 11 is 0. The highest BCUT2D eigenvalue weighted by molar-refractivity contribution is 5.58. The first-order chi connectivity index (χ1) is 9.31. The Labute approximate surface area is 113 Å². The molecule has 1 aromatic carbocycles. The van der Waals surface area contributed by atoms with Gasteiger partial charge in [-0.05, 0) is 50.2 Å². The van der Waals surface area contributed by atoms with Crippen molar-refractivity contribution >= 4 is 17.3 Å². The number of aromatic nitrogens is 1. The monoisotopic (exact) mass is 257 g/mol. The van der Waals surface area contributed by atoms with Crippen LogP contribution in [0.3, 0.4) is 0 Å². The van der Waals surface area contributed by atoms with Gasteiger partial charge in [0.2, 0.25) is 0 Å². The molecule has 2 rings (SSSR count). The van der Waals surface area contributed by atoms with Crippen LogP contribution in [0.15, 0.2) is 42.5 Å². The Balaban J connectivity index is 2.05. The van der Waals surface area contributed by atoms with Gasteiger partial charge in [0.05, 0.1) is 6.61 Å². The molecule has 2 N–H and O–H groups in total. The molecule has 4 nitrogen and oxygen atoms in total. The van der Waals surface area contributed by atoms with Crippen LogP contribution in [0.1, 0.15) is 13.8 Å². The van der Waals surface area contributed by atoms with Crippen molar-refractivity contribution in [2.75, 3.05) is 23.8 Å². The van der Waals surface area contributed by atoms with E-state index in [0.717, 1.165) is 29.6 Å². The Morgan fingerprint density at radius 1 is 1.00 bits per heavy atom. The molecular formula is C15H19N3O. The van der Waals surface area contributed by atoms with Gasteiger partial charge in [-0.25, -0.2) is 4.98 Å². The van der Waals surface area contributed by atoms with Crippen molar-refractivity contribution in [3.63, 3.8) is 0 Å². The summed E-state index contributed by atoms with van der Waals surface area (Å²) in [6, 6.07) is 13.7. The van der Waals surface area contributed by atoms with Crippen molar-refractivity contribution in [3.8, 4) is 5.75 Å². The summed E-state index contributed by atoms with van der Waals surface area (Å²) in [5.41, 5.74) is 0.990. The number of hydrogen-bond acceptors (Lipinski definition) is 4. The predicted octanol–water partition coefficient (Wildman–Crippen LogP) is 3.66. The molecule has 0 aliphatic rings. The highest BCUT2D eigenvalue weighted by Crippen LogP contribution is 2.19. The molecule has 100 valence electrons. The summed E-state index contributed by atoms with van der Waals surface area (Å²) < 4.78 is 5.41. The standard InChI is InChI=1S/C15H19N3O/c1-3-16-14-6-5-7-15(18-14)17-12-8-10-13(11-9-12)19-4-2/h5-11H,3-4H2,1-2H3,(H2,16,17,18). The third-order valence-electron chi connectivity index (χ3n) is 2.54. The SMILES string of the molecule is CCNc1cccc(Nc2ccc(OCC)cc2)n1. The van der Waals surface area contributed by atoms with Gasteiger partial charge in [-0.3, -0.25) is 0 Å². The van der Waals surface area contributed by atoms with Gasteiger partial charge in [0.25, 0.3) is 0 Å². The number of benzene rings is 1. The van der Waals surface area contributed by atoms with Crippen LogP contribution in [0.2, 0.25) is 0 Å². The first-order valence-electron chi connectivity index (χ1n) is 6.52. The Hall–Kier alpha value is -2.23. The summed E-state index contributed by atoms with van der Waals surface area (Å²) in [6.07, 6.45) is 0. The summed E-state index contributed by atoms with van der Waals surface area (Å²) in [5, 5.41) is 6.45. The molecule has 0 spiro atoms. The number of anilines is 3. The molecule has 0 aliphatic heterocycles. The second-order valence-corrected chi connectivity index (χ2v) is 4.02. The smallest absolute Gasteiger partial charge is 0.132 e. The minimum Gasteiger partial charge on any atom is -0.494 e. The van der Waals surface area contributed by atoms with Crippen LogP contribution >= 0.6 is 0 Å². The van der Waals surface area contributed by atoms with Crippen molar-refractivity contribution in [2.24, 2.45) is 0 Å². The van der Waals surface area contributed by atoms with E-state index in [-0.39, 0.29) is 0 Å². The zero-order valence-corrected chi connectivity index (χ0v) is 11.3. The maximum atomic E-state index is 5.41. The number of nitrogens with zero attached hydrogens (tertiary/aromatic N) is 1. The van der Waals surface area contributed by atoms with Crippen molar-refractivity contribution in [3.05, 3.63) is 42.5 Å². The van der Waals surface area contributed by atoms with Crippen molar-refractivity contribution in [1.82, 2.24) is 4.98 Å². The van der Waals surface area contributed by atoms with E-state index in [1.54, 1.807) is 0 Å². The van der Waals surface area contributed by atoms with Gasteiger partial charge >= 0.3 is 0 Å². The number of pyridine rings is 1. The maximum absolute atomic E-state index is 5.41. The van der Waals surface area contributed by atoms with Crippen molar-refractivity contribution in [1.29, 1.82) is 0 Å². The molecule has 2 aromatic rings. The third kappa shape index (κ3) is 3.88. The average molecular weight is 257 g/mol. The van der Waals surface area contributed by atoms with Crippen LogP contribution in [0, 0.1) is 0 Å². The van der Waals surface area contributed by atoms with Gasteiger partial charge in [0, 0.05) is 12.2 Å². The van der Waals surface area contributed by atoms with Crippen molar-refractivity contribution < 1.29 is 4.74 Å². The second-order valence-electron chi connectivity index (χ2n) is 4.02. The summed E-state index contributed by atoms with van der Waals surface area (Å²) in [6.45, 7) is 5.56. The van der Waals surface area contributed by atoms with Gasteiger partial charge in [0.15, 0.2) is 0 Å². The van der Waals surface area contributed by atoms with E-state index < -0.39 is 0 Å². The first-order valence-corrected chi connectivity index (χ1v) is 6.52. The number of ether oxygens (including phenoxy) is 1. The summed E-state index contributed by atoms with van der Waals surface area (Å²) in [7, 11) is 0. The fourth-order valence-electron chi connectivity index (χ4n) is 1.73. The molecule has 0 fully saturated rings. The lowest BCUT2D eigenvalue weighted by atomic mass is 10.3. The Morgan fingerprint density at radius 3 is 2.42 bits per heavy atom. The van der Waals surface area contributed by atoms with Gasteiger partial charge in [-0.1, -0.05) is 6.07 Å². The quantitative estimate of drug-likeness (QED) is 0.829. The van der Waals surface area contributed by atoms with Crippen LogP contribution in [0.5, 0.6) is 5.75 Å². The predicted molar refractivity (Wildman–Crippen MR) is 79.3 cm³/mol. The summed E-state index contributed by atoms with van der Waals surface area (Å²) in [5.74, 6) is 2.57. The van der Waals surface area contributed by atoms with Crippen LogP contribution < -0.4 is 15.4 Å². The zero-order chi connectivity index (χ0) is 13.5. The molecular weight excluding hydrogens is 238 g/mol. The van der Waals surface area contributed by atoms with Gasteiger partial charge in [0.1, 0.15) is 17.4 Å². The van der Waals surface area contributed by atoms with Gasteiger partial charge in [-0.2, -0.15) is 0 Å². The van der Waals surface area contributed by atoms with Gasteiger partial charge < -0.3 is 15.4 Å². The van der Waals surface area contributed by atoms with E-state index in [2.05, 4.69) is 15.6 Å². The topological polar surface area (TPSA) is 46.2 Å². The molecule has 0 aliphatic carbocycles. The van der Waals surface area contributed by atoms with Crippen LogP contribution in [0.4, 0.5) is 17.3 Å². The molecule has 0 radical (unpaired) electrons. The summed E-state index contributed by atoms with van der Waals surface area (Å²) in [4.78, 5) is 4.46. The van der Waals surface area contributed by atoms with E-state index in [0.29, 0.717) is 6.61 Å². The van der Waals surface area contributed by atoms with E-state index in [4.69, 9.17) is 4.74 Å². The lowest BCUT2D eigenvalue weighted by molar-refractivity contribution is 0.340. The fraction of sp³-hybridized carbons (Fsp3) is 0.267. The zero-order valence-electron chi connectivity index (χ0n) is 11.3. The van der Waals surface area contributed by atoms with Crippen LogP contribution in [-0.4, -0.2) is 18.1 Å². The van der Waals surface area contributed by atoms with E-state index in [1.807, 2.05) is 56.3 Å². The molecule has 0 amide bonds. The molecule has 1 heterocycles. The van der Waals surface area contributed by atoms with Crippen LogP contribution in [0.25, 0.3) is 0 Å². The van der Waals surface area contributed by atoms with E-state index in [1.165, 1.54) is 0 Å². The van der Waals surface area contributed by atoms with Gasteiger partial charge in [-0.15, -0.1) is 0 Å². The maximum Gasteiger partial charge on any atom is 0.132 e. The second kappa shape index (κ2) is 6.64. The molecule has 0 atom stereocenters. The molecule has 19 heavy (non-hydrogen) atoms. The minimum atomic E-state index is 0.680.